The van der Waals surface area contributed by atoms with E-state index in [1.807, 2.05) is 19.1 Å². The standard InChI is InChI=1S/C14H11ClN4O2S/c1-8-13(9-2-4-10(15)5-3-9)21-12(17-8)6-16-14(20)11-7-22-19-18-11/h2-5,7H,6H2,1H3,(H,16,20). The number of nitrogens with zero attached hydrogens (tertiary/aromatic N) is 3. The van der Waals surface area contributed by atoms with E-state index in [-0.39, 0.29) is 18.1 Å². The molecule has 0 bridgehead atoms. The van der Waals surface area contributed by atoms with Gasteiger partial charge in [0.05, 0.1) is 12.2 Å². The molecule has 0 fully saturated rings. The van der Waals surface area contributed by atoms with Crippen LogP contribution in [0.15, 0.2) is 34.1 Å². The van der Waals surface area contributed by atoms with Gasteiger partial charge in [0.15, 0.2) is 11.5 Å². The fourth-order valence-corrected chi connectivity index (χ4v) is 2.47. The highest BCUT2D eigenvalue weighted by molar-refractivity contribution is 7.03. The van der Waals surface area contributed by atoms with Crippen LogP contribution >= 0.6 is 23.1 Å². The summed E-state index contributed by atoms with van der Waals surface area (Å²) in [7, 11) is 0. The number of amides is 1. The van der Waals surface area contributed by atoms with Crippen LogP contribution in [-0.4, -0.2) is 20.5 Å². The molecule has 112 valence electrons. The van der Waals surface area contributed by atoms with Gasteiger partial charge < -0.3 is 9.73 Å². The van der Waals surface area contributed by atoms with Crippen molar-refractivity contribution in [2.45, 2.75) is 13.5 Å². The zero-order chi connectivity index (χ0) is 15.5. The molecule has 3 rings (SSSR count). The van der Waals surface area contributed by atoms with Crippen molar-refractivity contribution in [3.8, 4) is 11.3 Å². The van der Waals surface area contributed by atoms with Gasteiger partial charge in [0, 0.05) is 16.0 Å². The second kappa shape index (κ2) is 6.25. The minimum Gasteiger partial charge on any atom is -0.438 e. The van der Waals surface area contributed by atoms with E-state index in [1.54, 1.807) is 17.5 Å². The number of nitrogens with one attached hydrogen (secondary N) is 1. The van der Waals surface area contributed by atoms with Crippen LogP contribution in [0.25, 0.3) is 11.3 Å². The third kappa shape index (κ3) is 3.15. The minimum absolute atomic E-state index is 0.185. The van der Waals surface area contributed by atoms with Crippen LogP contribution in [0.4, 0.5) is 0 Å². The van der Waals surface area contributed by atoms with Crippen molar-refractivity contribution in [2.75, 3.05) is 0 Å². The van der Waals surface area contributed by atoms with E-state index in [4.69, 9.17) is 16.0 Å². The van der Waals surface area contributed by atoms with Crippen LogP contribution in [0.2, 0.25) is 5.02 Å². The van der Waals surface area contributed by atoms with Crippen LogP contribution in [0, 0.1) is 6.92 Å². The molecule has 2 heterocycles. The third-order valence-corrected chi connectivity index (χ3v) is 3.70. The molecule has 3 aromatic rings. The maximum absolute atomic E-state index is 11.8. The number of halogens is 1. The normalized spacial score (nSPS) is 10.6. The SMILES string of the molecule is Cc1nc(CNC(=O)c2csnn2)oc1-c1ccc(Cl)cc1. The fourth-order valence-electron chi connectivity index (χ4n) is 1.91. The first-order valence-electron chi connectivity index (χ1n) is 6.41. The Morgan fingerprint density at radius 2 is 2.14 bits per heavy atom. The number of hydrogen-bond acceptors (Lipinski definition) is 6. The zero-order valence-electron chi connectivity index (χ0n) is 11.5. The zero-order valence-corrected chi connectivity index (χ0v) is 13.1. The molecule has 0 spiro atoms. The maximum atomic E-state index is 11.8. The summed E-state index contributed by atoms with van der Waals surface area (Å²) in [6, 6.07) is 7.30. The molecule has 6 nitrogen and oxygen atoms in total. The third-order valence-electron chi connectivity index (χ3n) is 2.94. The summed E-state index contributed by atoms with van der Waals surface area (Å²) in [6.07, 6.45) is 0. The summed E-state index contributed by atoms with van der Waals surface area (Å²) in [5.74, 6) is 0.785. The molecule has 0 saturated carbocycles. The average Bonchev–Trinajstić information content (AvgIpc) is 3.15. The molecule has 22 heavy (non-hydrogen) atoms. The lowest BCUT2D eigenvalue weighted by Crippen LogP contribution is -2.23. The van der Waals surface area contributed by atoms with Crippen molar-refractivity contribution in [3.63, 3.8) is 0 Å². The Morgan fingerprint density at radius 3 is 2.82 bits per heavy atom. The predicted octanol–water partition coefficient (Wildman–Crippen LogP) is 3.08. The first-order valence-corrected chi connectivity index (χ1v) is 7.62. The number of oxazole rings is 1. The summed E-state index contributed by atoms with van der Waals surface area (Å²) in [5, 5.41) is 8.63. The molecule has 2 aromatic heterocycles. The Hall–Kier alpha value is -2.25. The smallest absolute Gasteiger partial charge is 0.273 e. The topological polar surface area (TPSA) is 80.9 Å². The number of hydrogen-bond donors (Lipinski definition) is 1. The number of carbonyl (C=O) groups excluding carboxylic acids is 1. The molecule has 0 aliphatic carbocycles. The molecule has 1 amide bonds. The van der Waals surface area contributed by atoms with Gasteiger partial charge in [0.1, 0.15) is 0 Å². The summed E-state index contributed by atoms with van der Waals surface area (Å²) in [4.78, 5) is 16.1. The van der Waals surface area contributed by atoms with Crippen LogP contribution < -0.4 is 5.32 Å². The van der Waals surface area contributed by atoms with Gasteiger partial charge in [-0.05, 0) is 42.7 Å². The number of aromatic nitrogens is 3. The molecular weight excluding hydrogens is 324 g/mol. The molecule has 0 saturated heterocycles. The molecule has 8 heteroatoms. The number of carbonyl (C=O) groups is 1. The summed E-state index contributed by atoms with van der Waals surface area (Å²) < 4.78 is 9.35. The van der Waals surface area contributed by atoms with Crippen LogP contribution in [0.3, 0.4) is 0 Å². The molecule has 0 atom stereocenters. The van der Waals surface area contributed by atoms with Gasteiger partial charge in [-0.3, -0.25) is 4.79 Å². The fraction of sp³-hybridized carbons (Fsp3) is 0.143. The number of benzene rings is 1. The molecule has 1 aromatic carbocycles. The summed E-state index contributed by atoms with van der Waals surface area (Å²) in [6.45, 7) is 2.04. The van der Waals surface area contributed by atoms with Crippen LogP contribution in [0.1, 0.15) is 22.1 Å². The minimum atomic E-state index is -0.308. The van der Waals surface area contributed by atoms with Gasteiger partial charge in [-0.25, -0.2) is 4.98 Å². The van der Waals surface area contributed by atoms with E-state index in [2.05, 4.69) is 19.9 Å². The number of aryl methyl sites for hydroxylation is 1. The van der Waals surface area contributed by atoms with Gasteiger partial charge >= 0.3 is 0 Å². The van der Waals surface area contributed by atoms with Gasteiger partial charge in [0.2, 0.25) is 5.89 Å². The van der Waals surface area contributed by atoms with Gasteiger partial charge in [0.25, 0.3) is 5.91 Å². The molecule has 0 aliphatic rings. The maximum Gasteiger partial charge on any atom is 0.273 e. The van der Waals surface area contributed by atoms with Gasteiger partial charge in [-0.2, -0.15) is 0 Å². The monoisotopic (exact) mass is 334 g/mol. The van der Waals surface area contributed by atoms with E-state index in [1.165, 1.54) is 0 Å². The lowest BCUT2D eigenvalue weighted by Gasteiger charge is -1.99. The largest absolute Gasteiger partial charge is 0.438 e. The summed E-state index contributed by atoms with van der Waals surface area (Å²) >= 11 is 7.00. The lowest BCUT2D eigenvalue weighted by molar-refractivity contribution is 0.0942. The van der Waals surface area contributed by atoms with E-state index in [0.717, 1.165) is 22.8 Å². The quantitative estimate of drug-likeness (QED) is 0.793. The highest BCUT2D eigenvalue weighted by Gasteiger charge is 2.14. The first-order chi connectivity index (χ1) is 10.6. The van der Waals surface area contributed by atoms with Crippen molar-refractivity contribution in [3.05, 3.63) is 51.9 Å². The van der Waals surface area contributed by atoms with Crippen molar-refractivity contribution < 1.29 is 9.21 Å². The van der Waals surface area contributed by atoms with Crippen molar-refractivity contribution in [1.29, 1.82) is 0 Å². The van der Waals surface area contributed by atoms with Gasteiger partial charge in [-0.1, -0.05) is 16.1 Å². The molecule has 0 aliphatic heterocycles. The predicted molar refractivity (Wildman–Crippen MR) is 82.8 cm³/mol. The molecule has 0 radical (unpaired) electrons. The highest BCUT2D eigenvalue weighted by atomic mass is 35.5. The van der Waals surface area contributed by atoms with Crippen LogP contribution in [-0.2, 0) is 6.54 Å². The van der Waals surface area contributed by atoms with Crippen molar-refractivity contribution >= 4 is 29.0 Å². The van der Waals surface area contributed by atoms with Crippen LogP contribution in [0.5, 0.6) is 0 Å². The first kappa shape index (κ1) is 14.7. The number of rotatable bonds is 4. The van der Waals surface area contributed by atoms with Crippen molar-refractivity contribution in [2.24, 2.45) is 0 Å². The average molecular weight is 335 g/mol. The second-order valence-electron chi connectivity index (χ2n) is 4.50. The second-order valence-corrected chi connectivity index (χ2v) is 5.55. The molecule has 1 N–H and O–H groups in total. The van der Waals surface area contributed by atoms with Crippen molar-refractivity contribution in [1.82, 2.24) is 19.9 Å². The Kier molecular flexibility index (Phi) is 4.17. The Bertz CT molecular complexity index is 784. The molecular formula is C14H11ClN4O2S. The van der Waals surface area contributed by atoms with E-state index in [0.29, 0.717) is 16.7 Å². The Morgan fingerprint density at radius 1 is 1.36 bits per heavy atom. The lowest BCUT2D eigenvalue weighted by atomic mass is 10.1. The van der Waals surface area contributed by atoms with E-state index in [9.17, 15) is 4.79 Å². The van der Waals surface area contributed by atoms with E-state index < -0.39 is 0 Å². The Labute approximate surface area is 135 Å². The Balaban J connectivity index is 1.72. The summed E-state index contributed by atoms with van der Waals surface area (Å²) in [5.41, 5.74) is 1.92. The van der Waals surface area contributed by atoms with Gasteiger partial charge in [-0.15, -0.1) is 5.10 Å². The molecule has 0 unspecified atom stereocenters. The highest BCUT2D eigenvalue weighted by Crippen LogP contribution is 2.25. The van der Waals surface area contributed by atoms with E-state index >= 15 is 0 Å².